The summed E-state index contributed by atoms with van der Waals surface area (Å²) in [4.78, 5) is 32.2. The lowest BCUT2D eigenvalue weighted by Gasteiger charge is -2.12. The van der Waals surface area contributed by atoms with E-state index in [0.29, 0.717) is 0 Å². The van der Waals surface area contributed by atoms with Crippen molar-refractivity contribution < 1.29 is 19.5 Å². The van der Waals surface area contributed by atoms with Crippen molar-refractivity contribution >= 4 is 17.8 Å². The van der Waals surface area contributed by atoms with Crippen LogP contribution in [-0.2, 0) is 14.4 Å². The second-order valence-electron chi connectivity index (χ2n) is 2.14. The van der Waals surface area contributed by atoms with E-state index in [1.165, 1.54) is 14.1 Å². The van der Waals surface area contributed by atoms with Crippen molar-refractivity contribution in [2.45, 2.75) is 0 Å². The van der Waals surface area contributed by atoms with Gasteiger partial charge in [0.25, 0.3) is 0 Å². The number of nitrogens with zero attached hydrogens (tertiary/aromatic N) is 1. The average Bonchev–Trinajstić information content (AvgIpc) is 2.02. The van der Waals surface area contributed by atoms with Gasteiger partial charge in [-0.3, -0.25) is 9.59 Å². The first kappa shape index (κ1) is 10.4. The molecule has 2 N–H and O–H groups in total. The summed E-state index contributed by atoms with van der Waals surface area (Å²) >= 11 is 0. The highest BCUT2D eigenvalue weighted by Crippen LogP contribution is 1.83. The van der Waals surface area contributed by atoms with Crippen LogP contribution in [0.15, 0.2) is 0 Å². The fraction of sp³-hybridized carbons (Fsp3) is 0.500. The zero-order valence-corrected chi connectivity index (χ0v) is 6.83. The molecule has 0 aromatic carbocycles. The Kier molecular flexibility index (Phi) is 3.75. The fourth-order valence-corrected chi connectivity index (χ4v) is 0.530. The summed E-state index contributed by atoms with van der Waals surface area (Å²) < 4.78 is 0. The first-order valence-electron chi connectivity index (χ1n) is 3.18. The van der Waals surface area contributed by atoms with Gasteiger partial charge in [0.15, 0.2) is 0 Å². The lowest BCUT2D eigenvalue weighted by molar-refractivity contribution is -0.155. The first-order valence-corrected chi connectivity index (χ1v) is 3.18. The van der Waals surface area contributed by atoms with Crippen LogP contribution in [0.5, 0.6) is 0 Å². The topological polar surface area (TPSA) is 86.7 Å². The molecule has 0 rings (SSSR count). The van der Waals surface area contributed by atoms with Crippen LogP contribution in [-0.4, -0.2) is 48.4 Å². The number of aliphatic carboxylic acids is 1. The van der Waals surface area contributed by atoms with E-state index >= 15 is 0 Å². The molecule has 2 amide bonds. The largest absolute Gasteiger partial charge is 0.474 e. The molecule has 6 nitrogen and oxygen atoms in total. The summed E-state index contributed by atoms with van der Waals surface area (Å²) in [6.07, 6.45) is 0. The molecule has 0 unspecified atom stereocenters. The van der Waals surface area contributed by atoms with Gasteiger partial charge in [0.2, 0.25) is 5.91 Å². The molecule has 0 aliphatic rings. The van der Waals surface area contributed by atoms with Crippen LogP contribution in [0.3, 0.4) is 0 Å². The minimum atomic E-state index is -1.57. The van der Waals surface area contributed by atoms with Gasteiger partial charge in [-0.1, -0.05) is 0 Å². The summed E-state index contributed by atoms with van der Waals surface area (Å²) in [6, 6.07) is 0. The fourth-order valence-electron chi connectivity index (χ4n) is 0.530. The van der Waals surface area contributed by atoms with Crippen molar-refractivity contribution in [3.8, 4) is 0 Å². The predicted octanol–water partition coefficient (Wildman–Crippen LogP) is -1.72. The summed E-state index contributed by atoms with van der Waals surface area (Å²) in [5.41, 5.74) is 0. The molecule has 0 aromatic rings. The van der Waals surface area contributed by atoms with Crippen LogP contribution >= 0.6 is 0 Å². The highest BCUT2D eigenvalue weighted by Gasteiger charge is 2.18. The van der Waals surface area contributed by atoms with Crippen molar-refractivity contribution in [1.82, 2.24) is 10.2 Å². The molecule has 0 aliphatic carbocycles. The highest BCUT2D eigenvalue weighted by atomic mass is 16.4. The average molecular weight is 174 g/mol. The van der Waals surface area contributed by atoms with Gasteiger partial charge >= 0.3 is 11.9 Å². The normalized spacial score (nSPS) is 8.83. The number of carboxylic acids is 1. The van der Waals surface area contributed by atoms with Gasteiger partial charge in [0.1, 0.15) is 0 Å². The van der Waals surface area contributed by atoms with Gasteiger partial charge in [-0.25, -0.2) is 4.79 Å². The van der Waals surface area contributed by atoms with E-state index < -0.39 is 17.8 Å². The molecule has 0 atom stereocenters. The van der Waals surface area contributed by atoms with Crippen LogP contribution in [0, 0.1) is 0 Å². The number of carboxylic acid groups (broad SMARTS) is 1. The lowest BCUT2D eigenvalue weighted by Crippen LogP contribution is -2.40. The van der Waals surface area contributed by atoms with Gasteiger partial charge in [0, 0.05) is 14.1 Å². The molecule has 6 heteroatoms. The summed E-state index contributed by atoms with van der Waals surface area (Å²) in [5.74, 6) is -3.08. The molecule has 0 saturated carbocycles. The molecular formula is C6H10N2O4. The van der Waals surface area contributed by atoms with E-state index in [0.717, 1.165) is 4.90 Å². The van der Waals surface area contributed by atoms with Crippen molar-refractivity contribution in [1.29, 1.82) is 0 Å². The molecular weight excluding hydrogens is 164 g/mol. The first-order chi connectivity index (χ1) is 5.49. The van der Waals surface area contributed by atoms with Gasteiger partial charge in [0.05, 0.1) is 6.54 Å². The van der Waals surface area contributed by atoms with Crippen molar-refractivity contribution in [2.24, 2.45) is 0 Å². The van der Waals surface area contributed by atoms with Crippen molar-refractivity contribution in [2.75, 3.05) is 20.6 Å². The van der Waals surface area contributed by atoms with Gasteiger partial charge in [-0.05, 0) is 0 Å². The maximum atomic E-state index is 10.7. The Bertz CT molecular complexity index is 214. The Hall–Kier alpha value is -1.59. The predicted molar refractivity (Wildman–Crippen MR) is 39.3 cm³/mol. The molecule has 0 saturated heterocycles. The van der Waals surface area contributed by atoms with E-state index in [1.807, 2.05) is 0 Å². The van der Waals surface area contributed by atoms with Crippen LogP contribution < -0.4 is 5.32 Å². The number of amides is 2. The zero-order chi connectivity index (χ0) is 9.72. The Morgan fingerprint density at radius 2 is 1.92 bits per heavy atom. The number of carbonyl (C=O) groups is 3. The maximum Gasteiger partial charge on any atom is 0.394 e. The number of likely N-dealkylation sites (N-methyl/N-ethyl adjacent to an activating group) is 2. The van der Waals surface area contributed by atoms with Gasteiger partial charge in [-0.2, -0.15) is 0 Å². The Labute approximate surface area is 69.2 Å². The Morgan fingerprint density at radius 3 is 2.25 bits per heavy atom. The zero-order valence-electron chi connectivity index (χ0n) is 6.83. The number of rotatable bonds is 2. The van der Waals surface area contributed by atoms with Crippen LogP contribution in [0.4, 0.5) is 0 Å². The summed E-state index contributed by atoms with van der Waals surface area (Å²) in [7, 11) is 2.65. The smallest absolute Gasteiger partial charge is 0.394 e. The molecule has 0 bridgehead atoms. The number of nitrogens with one attached hydrogen (secondary N) is 1. The van der Waals surface area contributed by atoms with Crippen LogP contribution in [0.1, 0.15) is 0 Å². The molecule has 12 heavy (non-hydrogen) atoms. The van der Waals surface area contributed by atoms with E-state index in [2.05, 4.69) is 5.32 Å². The molecule has 68 valence electrons. The summed E-state index contributed by atoms with van der Waals surface area (Å²) in [6.45, 7) is -0.248. The molecule has 0 spiro atoms. The molecule has 0 aromatic heterocycles. The van der Waals surface area contributed by atoms with Crippen LogP contribution in [0.25, 0.3) is 0 Å². The van der Waals surface area contributed by atoms with E-state index in [9.17, 15) is 14.4 Å². The van der Waals surface area contributed by atoms with Crippen LogP contribution in [0.2, 0.25) is 0 Å². The van der Waals surface area contributed by atoms with Gasteiger partial charge < -0.3 is 15.3 Å². The van der Waals surface area contributed by atoms with Crippen molar-refractivity contribution in [3.63, 3.8) is 0 Å². The minimum Gasteiger partial charge on any atom is -0.474 e. The molecule has 0 radical (unpaired) electrons. The standard InChI is InChI=1S/C6H10N2O4/c1-7-4(9)3-8(2)5(10)6(11)12/h3H2,1-2H3,(H,7,9)(H,11,12). The van der Waals surface area contributed by atoms with Crippen molar-refractivity contribution in [3.05, 3.63) is 0 Å². The molecule has 0 fully saturated rings. The second kappa shape index (κ2) is 4.32. The molecule has 0 aliphatic heterocycles. The minimum absolute atomic E-state index is 0.248. The quantitative estimate of drug-likeness (QED) is 0.487. The van der Waals surface area contributed by atoms with E-state index in [1.54, 1.807) is 0 Å². The monoisotopic (exact) mass is 174 g/mol. The number of hydrogen-bond donors (Lipinski definition) is 2. The summed E-state index contributed by atoms with van der Waals surface area (Å²) in [5, 5.41) is 10.5. The van der Waals surface area contributed by atoms with E-state index in [-0.39, 0.29) is 6.54 Å². The lowest BCUT2D eigenvalue weighted by atomic mass is 10.5. The van der Waals surface area contributed by atoms with Gasteiger partial charge in [-0.15, -0.1) is 0 Å². The number of carbonyl (C=O) groups excluding carboxylic acids is 2. The third-order valence-corrected chi connectivity index (χ3v) is 1.19. The number of hydrogen-bond acceptors (Lipinski definition) is 3. The maximum absolute atomic E-state index is 10.7. The SMILES string of the molecule is CNC(=O)CN(C)C(=O)C(=O)O. The Balaban J connectivity index is 4.04. The third kappa shape index (κ3) is 3.00. The van der Waals surface area contributed by atoms with E-state index in [4.69, 9.17) is 5.11 Å². The highest BCUT2D eigenvalue weighted by molar-refractivity contribution is 6.31. The molecule has 0 heterocycles. The Morgan fingerprint density at radius 1 is 1.42 bits per heavy atom. The second-order valence-corrected chi connectivity index (χ2v) is 2.14. The third-order valence-electron chi connectivity index (χ3n) is 1.19.